The molecule has 0 unspecified atom stereocenters. The number of carboxylic acids is 1. The van der Waals surface area contributed by atoms with Crippen molar-refractivity contribution < 1.29 is 19.1 Å². The van der Waals surface area contributed by atoms with Gasteiger partial charge in [-0.2, -0.15) is 0 Å². The normalized spacial score (nSPS) is 10.6. The first-order valence-electron chi connectivity index (χ1n) is 5.95. The van der Waals surface area contributed by atoms with Crippen LogP contribution in [0.1, 0.15) is 22.5 Å². The molecule has 19 heavy (non-hydrogen) atoms. The fourth-order valence-electron chi connectivity index (χ4n) is 1.82. The van der Waals surface area contributed by atoms with Gasteiger partial charge in [0.2, 0.25) is 0 Å². The van der Waals surface area contributed by atoms with E-state index in [-0.39, 0.29) is 24.6 Å². The van der Waals surface area contributed by atoms with Crippen molar-refractivity contribution in [3.8, 4) is 0 Å². The Morgan fingerprint density at radius 3 is 2.74 bits per heavy atom. The average molecular weight is 261 g/mol. The predicted octanol–water partition coefficient (Wildman–Crippen LogP) is 2.29. The van der Waals surface area contributed by atoms with Crippen LogP contribution >= 0.6 is 0 Å². The van der Waals surface area contributed by atoms with Crippen LogP contribution < -0.4 is 0 Å². The third kappa shape index (κ3) is 2.93. The Morgan fingerprint density at radius 2 is 2.05 bits per heavy atom. The Labute approximate surface area is 110 Å². The molecule has 1 N–H and O–H groups in total. The number of carbonyl (C=O) groups is 2. The van der Waals surface area contributed by atoms with Crippen molar-refractivity contribution >= 4 is 22.8 Å². The molecule has 0 spiro atoms. The average Bonchev–Trinajstić information content (AvgIpc) is 2.77. The van der Waals surface area contributed by atoms with E-state index in [1.54, 1.807) is 13.1 Å². The first kappa shape index (κ1) is 13.1. The topological polar surface area (TPSA) is 70.8 Å². The molecule has 5 nitrogen and oxygen atoms in total. The lowest BCUT2D eigenvalue weighted by atomic mass is 10.2. The highest BCUT2D eigenvalue weighted by Gasteiger charge is 2.17. The molecule has 2 aromatic rings. The minimum atomic E-state index is -0.931. The van der Waals surface area contributed by atoms with E-state index in [1.807, 2.05) is 25.1 Å². The van der Waals surface area contributed by atoms with Crippen LogP contribution in [0.3, 0.4) is 0 Å². The summed E-state index contributed by atoms with van der Waals surface area (Å²) in [7, 11) is 1.56. The first-order valence-corrected chi connectivity index (χ1v) is 5.95. The highest BCUT2D eigenvalue weighted by Crippen LogP contribution is 2.21. The van der Waals surface area contributed by atoms with E-state index in [1.165, 1.54) is 4.90 Å². The number of carboxylic acid groups (broad SMARTS) is 1. The van der Waals surface area contributed by atoms with Crippen LogP contribution in [0.25, 0.3) is 11.0 Å². The van der Waals surface area contributed by atoms with Gasteiger partial charge in [0.1, 0.15) is 5.58 Å². The van der Waals surface area contributed by atoms with Gasteiger partial charge in [0.15, 0.2) is 5.76 Å². The Morgan fingerprint density at radius 1 is 1.32 bits per heavy atom. The van der Waals surface area contributed by atoms with Gasteiger partial charge in [-0.15, -0.1) is 0 Å². The molecule has 0 fully saturated rings. The van der Waals surface area contributed by atoms with Crippen LogP contribution in [0.4, 0.5) is 0 Å². The summed E-state index contributed by atoms with van der Waals surface area (Å²) in [6, 6.07) is 7.35. The second-order valence-electron chi connectivity index (χ2n) is 4.52. The molecule has 5 heteroatoms. The SMILES string of the molecule is Cc1ccc2oc(C(=O)N(C)CCC(=O)O)cc2c1. The Bertz CT molecular complexity index is 629. The molecule has 0 aliphatic carbocycles. The summed E-state index contributed by atoms with van der Waals surface area (Å²) in [6.45, 7) is 2.12. The molecule has 1 aromatic heterocycles. The molecule has 1 aromatic carbocycles. The summed E-state index contributed by atoms with van der Waals surface area (Å²) < 4.78 is 5.47. The Balaban J connectivity index is 2.19. The van der Waals surface area contributed by atoms with E-state index < -0.39 is 5.97 Å². The van der Waals surface area contributed by atoms with Gasteiger partial charge >= 0.3 is 5.97 Å². The number of aliphatic carboxylic acids is 1. The lowest BCUT2D eigenvalue weighted by Gasteiger charge is -2.13. The van der Waals surface area contributed by atoms with E-state index >= 15 is 0 Å². The van der Waals surface area contributed by atoms with Crippen LogP contribution in [0.5, 0.6) is 0 Å². The van der Waals surface area contributed by atoms with Crippen molar-refractivity contribution in [2.24, 2.45) is 0 Å². The molecule has 0 aliphatic heterocycles. The number of nitrogens with zero attached hydrogens (tertiary/aromatic N) is 1. The molecule has 1 heterocycles. The fraction of sp³-hybridized carbons (Fsp3) is 0.286. The van der Waals surface area contributed by atoms with Gasteiger partial charge in [-0.05, 0) is 25.1 Å². The van der Waals surface area contributed by atoms with Gasteiger partial charge in [-0.1, -0.05) is 11.6 Å². The molecule has 1 amide bonds. The number of carbonyl (C=O) groups excluding carboxylic acids is 1. The zero-order valence-electron chi connectivity index (χ0n) is 10.8. The van der Waals surface area contributed by atoms with Gasteiger partial charge < -0.3 is 14.4 Å². The third-order valence-corrected chi connectivity index (χ3v) is 2.89. The number of hydrogen-bond donors (Lipinski definition) is 1. The summed E-state index contributed by atoms with van der Waals surface area (Å²) in [5.41, 5.74) is 1.74. The van der Waals surface area contributed by atoms with Crippen LogP contribution in [0.2, 0.25) is 0 Å². The highest BCUT2D eigenvalue weighted by molar-refractivity contribution is 5.96. The highest BCUT2D eigenvalue weighted by atomic mass is 16.4. The standard InChI is InChI=1S/C14H15NO4/c1-9-3-4-11-10(7-9)8-12(19-11)14(18)15(2)6-5-13(16)17/h3-4,7-8H,5-6H2,1-2H3,(H,16,17). The molecule has 0 saturated carbocycles. The maximum atomic E-state index is 12.1. The minimum Gasteiger partial charge on any atom is -0.481 e. The number of amides is 1. The van der Waals surface area contributed by atoms with Crippen LogP contribution in [0.15, 0.2) is 28.7 Å². The Kier molecular flexibility index (Phi) is 3.55. The van der Waals surface area contributed by atoms with Gasteiger partial charge in [0, 0.05) is 19.0 Å². The molecule has 0 radical (unpaired) electrons. The summed E-state index contributed by atoms with van der Waals surface area (Å²) >= 11 is 0. The molecular formula is C14H15NO4. The lowest BCUT2D eigenvalue weighted by Crippen LogP contribution is -2.28. The zero-order chi connectivity index (χ0) is 14.0. The molecule has 100 valence electrons. The summed E-state index contributed by atoms with van der Waals surface area (Å²) in [5, 5.41) is 9.47. The maximum Gasteiger partial charge on any atom is 0.305 e. The summed E-state index contributed by atoms with van der Waals surface area (Å²) in [6.07, 6.45) is -0.0818. The molecule has 0 atom stereocenters. The molecule has 0 bridgehead atoms. The maximum absolute atomic E-state index is 12.1. The quantitative estimate of drug-likeness (QED) is 0.916. The summed E-state index contributed by atoms with van der Waals surface area (Å²) in [5.74, 6) is -1.01. The van der Waals surface area contributed by atoms with Crippen LogP contribution in [-0.2, 0) is 4.79 Å². The van der Waals surface area contributed by atoms with E-state index in [2.05, 4.69) is 0 Å². The number of furan rings is 1. The number of hydrogen-bond acceptors (Lipinski definition) is 3. The number of benzene rings is 1. The van der Waals surface area contributed by atoms with Gasteiger partial charge in [0.25, 0.3) is 5.91 Å². The molecular weight excluding hydrogens is 246 g/mol. The van der Waals surface area contributed by atoms with Crippen LogP contribution in [0, 0.1) is 6.92 Å². The van der Waals surface area contributed by atoms with E-state index in [0.717, 1.165) is 10.9 Å². The van der Waals surface area contributed by atoms with Gasteiger partial charge in [-0.25, -0.2) is 0 Å². The monoisotopic (exact) mass is 261 g/mol. The van der Waals surface area contributed by atoms with Crippen molar-refractivity contribution in [3.63, 3.8) is 0 Å². The molecule has 2 rings (SSSR count). The third-order valence-electron chi connectivity index (χ3n) is 2.89. The van der Waals surface area contributed by atoms with Crippen molar-refractivity contribution in [2.75, 3.05) is 13.6 Å². The fourth-order valence-corrected chi connectivity index (χ4v) is 1.82. The van der Waals surface area contributed by atoms with Crippen molar-refractivity contribution in [3.05, 3.63) is 35.6 Å². The molecule has 0 aliphatic rings. The number of aryl methyl sites for hydroxylation is 1. The van der Waals surface area contributed by atoms with Crippen molar-refractivity contribution in [1.29, 1.82) is 0 Å². The van der Waals surface area contributed by atoms with Gasteiger partial charge in [0.05, 0.1) is 6.42 Å². The van der Waals surface area contributed by atoms with E-state index in [9.17, 15) is 9.59 Å². The van der Waals surface area contributed by atoms with Gasteiger partial charge in [-0.3, -0.25) is 9.59 Å². The summed E-state index contributed by atoms with van der Waals surface area (Å²) in [4.78, 5) is 23.9. The van der Waals surface area contributed by atoms with Crippen molar-refractivity contribution in [1.82, 2.24) is 4.90 Å². The molecule has 0 saturated heterocycles. The van der Waals surface area contributed by atoms with E-state index in [4.69, 9.17) is 9.52 Å². The Hall–Kier alpha value is -2.30. The number of rotatable bonds is 4. The largest absolute Gasteiger partial charge is 0.481 e. The minimum absolute atomic E-state index is 0.0818. The smallest absolute Gasteiger partial charge is 0.305 e. The van der Waals surface area contributed by atoms with E-state index in [0.29, 0.717) is 5.58 Å². The lowest BCUT2D eigenvalue weighted by molar-refractivity contribution is -0.137. The first-order chi connectivity index (χ1) is 8.97. The number of fused-ring (bicyclic) bond motifs is 1. The predicted molar refractivity (Wildman–Crippen MR) is 70.2 cm³/mol. The second-order valence-corrected chi connectivity index (χ2v) is 4.52. The van der Waals surface area contributed by atoms with Crippen molar-refractivity contribution in [2.45, 2.75) is 13.3 Å². The van der Waals surface area contributed by atoms with Crippen LogP contribution in [-0.4, -0.2) is 35.5 Å². The second kappa shape index (κ2) is 5.14. The zero-order valence-corrected chi connectivity index (χ0v) is 10.8.